The van der Waals surface area contributed by atoms with Gasteiger partial charge in [0.15, 0.2) is 0 Å². The van der Waals surface area contributed by atoms with Gasteiger partial charge in [0.2, 0.25) is 0 Å². The number of aliphatic hydroxyl groups excluding tert-OH is 1. The fourth-order valence-corrected chi connectivity index (χ4v) is 1.76. The molecule has 102 valence electrons. The van der Waals surface area contributed by atoms with Crippen LogP contribution in [0.15, 0.2) is 0 Å². The van der Waals surface area contributed by atoms with Gasteiger partial charge in [-0.25, -0.2) is 0 Å². The highest BCUT2D eigenvalue weighted by molar-refractivity contribution is 5.66. The first-order valence-corrected chi connectivity index (χ1v) is 6.03. The van der Waals surface area contributed by atoms with E-state index < -0.39 is 5.97 Å². The van der Waals surface area contributed by atoms with Gasteiger partial charge in [-0.2, -0.15) is 0 Å². The quantitative estimate of drug-likeness (QED) is 0.583. The summed E-state index contributed by atoms with van der Waals surface area (Å²) >= 11 is 0. The molecule has 3 N–H and O–H groups in total. The van der Waals surface area contributed by atoms with E-state index in [1.807, 2.05) is 11.9 Å². The second kappa shape index (κ2) is 7.63. The zero-order chi connectivity index (χ0) is 13.5. The van der Waals surface area contributed by atoms with Crippen molar-refractivity contribution < 1.29 is 15.0 Å². The van der Waals surface area contributed by atoms with Crippen LogP contribution in [0, 0.1) is 0 Å². The molecule has 0 aliphatic heterocycles. The highest BCUT2D eigenvalue weighted by atomic mass is 16.4. The molecular weight excluding hydrogens is 220 g/mol. The highest BCUT2D eigenvalue weighted by Gasteiger charge is 2.19. The maximum Gasteiger partial charge on any atom is 0.303 e. The van der Waals surface area contributed by atoms with Gasteiger partial charge in [-0.3, -0.25) is 4.79 Å². The summed E-state index contributed by atoms with van der Waals surface area (Å²) in [5.74, 6) is -0.768. The van der Waals surface area contributed by atoms with Crippen LogP contribution in [-0.2, 0) is 4.79 Å². The Bertz CT molecular complexity index is 226. The minimum absolute atomic E-state index is 0.0385. The van der Waals surface area contributed by atoms with Crippen LogP contribution in [0.2, 0.25) is 0 Å². The Hall–Kier alpha value is -0.650. The highest BCUT2D eigenvalue weighted by Crippen LogP contribution is 2.07. The minimum Gasteiger partial charge on any atom is -0.481 e. The zero-order valence-electron chi connectivity index (χ0n) is 11.4. The van der Waals surface area contributed by atoms with Gasteiger partial charge >= 0.3 is 5.97 Å². The van der Waals surface area contributed by atoms with E-state index in [0.29, 0.717) is 13.0 Å². The lowest BCUT2D eigenvalue weighted by atomic mass is 10.0. The lowest BCUT2D eigenvalue weighted by Gasteiger charge is -2.31. The second-order valence-electron chi connectivity index (χ2n) is 5.51. The summed E-state index contributed by atoms with van der Waals surface area (Å²) < 4.78 is 0. The summed E-state index contributed by atoms with van der Waals surface area (Å²) in [5.41, 5.74) is -0.0385. The van der Waals surface area contributed by atoms with Gasteiger partial charge in [-0.15, -0.1) is 0 Å². The van der Waals surface area contributed by atoms with Crippen LogP contribution >= 0.6 is 0 Å². The Labute approximate surface area is 104 Å². The normalized spacial score (nSPS) is 14.0. The van der Waals surface area contributed by atoms with Gasteiger partial charge < -0.3 is 20.4 Å². The molecule has 1 atom stereocenters. The summed E-state index contributed by atoms with van der Waals surface area (Å²) in [7, 11) is 1.92. The third kappa shape index (κ3) is 10.2. The number of aliphatic hydroxyl groups is 1. The predicted octanol–water partition coefficient (Wildman–Crippen LogP) is 0.532. The zero-order valence-corrected chi connectivity index (χ0v) is 11.4. The minimum atomic E-state index is -0.768. The van der Waals surface area contributed by atoms with Crippen molar-refractivity contribution in [1.82, 2.24) is 10.2 Å². The van der Waals surface area contributed by atoms with Crippen LogP contribution < -0.4 is 5.32 Å². The van der Waals surface area contributed by atoms with Crippen LogP contribution in [0.25, 0.3) is 0 Å². The molecule has 0 heterocycles. The Balaban J connectivity index is 4.24. The van der Waals surface area contributed by atoms with Crippen molar-refractivity contribution in [3.63, 3.8) is 0 Å². The topological polar surface area (TPSA) is 72.8 Å². The van der Waals surface area contributed by atoms with Crippen LogP contribution in [0.3, 0.4) is 0 Å². The standard InChI is InChI=1S/C12H26N2O3/c1-12(2,3)13-10(5-6-11(16)17)9-14(4)7-8-15/h10,13,15H,5-9H2,1-4H3,(H,16,17). The molecule has 0 fully saturated rings. The van der Waals surface area contributed by atoms with E-state index in [0.717, 1.165) is 6.54 Å². The third-order valence-electron chi connectivity index (χ3n) is 2.36. The summed E-state index contributed by atoms with van der Waals surface area (Å²) in [6.45, 7) is 7.66. The monoisotopic (exact) mass is 246 g/mol. The van der Waals surface area contributed by atoms with Crippen molar-refractivity contribution in [3.05, 3.63) is 0 Å². The Morgan fingerprint density at radius 1 is 1.41 bits per heavy atom. The van der Waals surface area contributed by atoms with Crippen molar-refractivity contribution in [1.29, 1.82) is 0 Å². The Kier molecular flexibility index (Phi) is 7.34. The largest absolute Gasteiger partial charge is 0.481 e. The molecule has 0 amide bonds. The van der Waals surface area contributed by atoms with Crippen LogP contribution in [-0.4, -0.2) is 59.4 Å². The van der Waals surface area contributed by atoms with Gasteiger partial charge in [0.25, 0.3) is 0 Å². The van der Waals surface area contributed by atoms with E-state index in [9.17, 15) is 4.79 Å². The van der Waals surface area contributed by atoms with Crippen molar-refractivity contribution in [2.75, 3.05) is 26.7 Å². The molecule has 1 unspecified atom stereocenters. The van der Waals surface area contributed by atoms with Crippen LogP contribution in [0.1, 0.15) is 33.6 Å². The molecule has 0 aliphatic carbocycles. The first-order valence-electron chi connectivity index (χ1n) is 6.03. The number of likely N-dealkylation sites (N-methyl/N-ethyl adjacent to an activating group) is 1. The third-order valence-corrected chi connectivity index (χ3v) is 2.36. The fraction of sp³-hybridized carbons (Fsp3) is 0.917. The molecule has 0 aromatic carbocycles. The number of carbonyl (C=O) groups is 1. The van der Waals surface area contributed by atoms with Crippen LogP contribution in [0.4, 0.5) is 0 Å². The summed E-state index contributed by atoms with van der Waals surface area (Å²) in [6.07, 6.45) is 0.767. The fourth-order valence-electron chi connectivity index (χ4n) is 1.76. The lowest BCUT2D eigenvalue weighted by molar-refractivity contribution is -0.137. The van der Waals surface area contributed by atoms with Crippen molar-refractivity contribution in [2.45, 2.75) is 45.2 Å². The van der Waals surface area contributed by atoms with E-state index in [1.165, 1.54) is 0 Å². The van der Waals surface area contributed by atoms with E-state index in [4.69, 9.17) is 10.2 Å². The van der Waals surface area contributed by atoms with Gasteiger partial charge in [0, 0.05) is 31.1 Å². The number of nitrogens with zero attached hydrogens (tertiary/aromatic N) is 1. The number of carboxylic acids is 1. The van der Waals surface area contributed by atoms with Gasteiger partial charge in [-0.1, -0.05) is 0 Å². The van der Waals surface area contributed by atoms with Crippen molar-refractivity contribution >= 4 is 5.97 Å². The average molecular weight is 246 g/mol. The number of hydrogen-bond acceptors (Lipinski definition) is 4. The molecular formula is C12H26N2O3. The first kappa shape index (κ1) is 16.4. The number of carboxylic acid groups (broad SMARTS) is 1. The number of hydrogen-bond donors (Lipinski definition) is 3. The van der Waals surface area contributed by atoms with E-state index in [-0.39, 0.29) is 24.6 Å². The van der Waals surface area contributed by atoms with E-state index in [2.05, 4.69) is 26.1 Å². The Morgan fingerprint density at radius 2 is 2.00 bits per heavy atom. The number of rotatable bonds is 8. The molecule has 5 nitrogen and oxygen atoms in total. The summed E-state index contributed by atoms with van der Waals surface area (Å²) in [6, 6.07) is 0.127. The molecule has 5 heteroatoms. The molecule has 0 aliphatic rings. The van der Waals surface area contributed by atoms with Crippen LogP contribution in [0.5, 0.6) is 0 Å². The first-order chi connectivity index (χ1) is 7.74. The molecule has 0 bridgehead atoms. The average Bonchev–Trinajstić information content (AvgIpc) is 2.12. The predicted molar refractivity (Wildman–Crippen MR) is 68.1 cm³/mol. The molecule has 0 saturated carbocycles. The second-order valence-corrected chi connectivity index (χ2v) is 5.51. The Morgan fingerprint density at radius 3 is 2.41 bits per heavy atom. The maximum absolute atomic E-state index is 10.6. The van der Waals surface area contributed by atoms with Gasteiger partial charge in [0.05, 0.1) is 6.61 Å². The van der Waals surface area contributed by atoms with Gasteiger partial charge in [0.1, 0.15) is 0 Å². The molecule has 0 saturated heterocycles. The maximum atomic E-state index is 10.6. The molecule has 0 radical (unpaired) electrons. The van der Waals surface area contributed by atoms with Crippen molar-refractivity contribution in [3.8, 4) is 0 Å². The SMILES string of the molecule is CN(CCO)CC(CCC(=O)O)NC(C)(C)C. The molecule has 0 spiro atoms. The smallest absolute Gasteiger partial charge is 0.303 e. The summed E-state index contributed by atoms with van der Waals surface area (Å²) in [4.78, 5) is 12.6. The number of nitrogens with one attached hydrogen (secondary N) is 1. The molecule has 17 heavy (non-hydrogen) atoms. The van der Waals surface area contributed by atoms with E-state index >= 15 is 0 Å². The number of aliphatic carboxylic acids is 1. The molecule has 0 aromatic heterocycles. The lowest BCUT2D eigenvalue weighted by Crippen LogP contribution is -2.49. The molecule has 0 aromatic rings. The molecule has 0 rings (SSSR count). The van der Waals surface area contributed by atoms with Gasteiger partial charge in [-0.05, 0) is 34.2 Å². The van der Waals surface area contributed by atoms with Crippen molar-refractivity contribution in [2.24, 2.45) is 0 Å². The van der Waals surface area contributed by atoms with E-state index in [1.54, 1.807) is 0 Å². The summed E-state index contributed by atoms with van der Waals surface area (Å²) in [5, 5.41) is 21.0.